The van der Waals surface area contributed by atoms with Crippen LogP contribution in [0.15, 0.2) is 18.2 Å². The SMILES string of the molecule is CNC1CO[C@@H](C)c2cc(C(F)(F)F)ccc21. The molecule has 5 heteroatoms. The Bertz CT molecular complexity index is 417. The van der Waals surface area contributed by atoms with Gasteiger partial charge in [-0.05, 0) is 37.2 Å². The number of alkyl halides is 3. The maximum atomic E-state index is 12.6. The van der Waals surface area contributed by atoms with E-state index in [2.05, 4.69) is 5.32 Å². The zero-order valence-electron chi connectivity index (χ0n) is 9.64. The first-order chi connectivity index (χ1) is 7.93. The Labute approximate surface area is 97.8 Å². The van der Waals surface area contributed by atoms with Gasteiger partial charge < -0.3 is 10.1 Å². The molecule has 0 amide bonds. The van der Waals surface area contributed by atoms with Gasteiger partial charge in [0, 0.05) is 0 Å². The summed E-state index contributed by atoms with van der Waals surface area (Å²) in [6.45, 7) is 2.25. The van der Waals surface area contributed by atoms with Crippen LogP contribution in [-0.2, 0) is 10.9 Å². The van der Waals surface area contributed by atoms with Crippen molar-refractivity contribution in [3.63, 3.8) is 0 Å². The predicted octanol–water partition coefficient (Wildman–Crippen LogP) is 3.06. The molecule has 0 bridgehead atoms. The molecule has 0 fully saturated rings. The molecular weight excluding hydrogens is 231 g/mol. The van der Waals surface area contributed by atoms with E-state index in [0.717, 1.165) is 11.6 Å². The lowest BCUT2D eigenvalue weighted by Gasteiger charge is -2.30. The first-order valence-corrected chi connectivity index (χ1v) is 5.43. The lowest BCUT2D eigenvalue weighted by Crippen LogP contribution is -2.28. The Morgan fingerprint density at radius 3 is 2.59 bits per heavy atom. The molecule has 0 radical (unpaired) electrons. The number of hydrogen-bond acceptors (Lipinski definition) is 2. The minimum absolute atomic E-state index is 0.0384. The van der Waals surface area contributed by atoms with Gasteiger partial charge in [0.05, 0.1) is 24.3 Å². The fourth-order valence-corrected chi connectivity index (χ4v) is 2.08. The number of ether oxygens (including phenoxy) is 1. The van der Waals surface area contributed by atoms with Crippen molar-refractivity contribution < 1.29 is 17.9 Å². The van der Waals surface area contributed by atoms with Crippen molar-refractivity contribution in [2.75, 3.05) is 13.7 Å². The predicted molar refractivity (Wildman–Crippen MR) is 57.6 cm³/mol. The van der Waals surface area contributed by atoms with Crippen LogP contribution in [0.25, 0.3) is 0 Å². The van der Waals surface area contributed by atoms with Crippen molar-refractivity contribution in [1.82, 2.24) is 5.32 Å². The van der Waals surface area contributed by atoms with E-state index >= 15 is 0 Å². The summed E-state index contributed by atoms with van der Waals surface area (Å²) in [5.74, 6) is 0. The summed E-state index contributed by atoms with van der Waals surface area (Å²) in [5, 5.41) is 3.03. The number of benzene rings is 1. The van der Waals surface area contributed by atoms with Crippen molar-refractivity contribution in [3.05, 3.63) is 34.9 Å². The van der Waals surface area contributed by atoms with E-state index in [1.165, 1.54) is 6.07 Å². The van der Waals surface area contributed by atoms with Gasteiger partial charge in [0.1, 0.15) is 0 Å². The van der Waals surface area contributed by atoms with Crippen LogP contribution in [0.1, 0.15) is 35.8 Å². The molecule has 2 nitrogen and oxygen atoms in total. The van der Waals surface area contributed by atoms with E-state index < -0.39 is 11.7 Å². The number of nitrogens with one attached hydrogen (secondary N) is 1. The second-order valence-corrected chi connectivity index (χ2v) is 4.16. The Hall–Kier alpha value is -1.07. The number of halogens is 3. The van der Waals surface area contributed by atoms with Crippen LogP contribution in [0.2, 0.25) is 0 Å². The second-order valence-electron chi connectivity index (χ2n) is 4.16. The van der Waals surface area contributed by atoms with E-state index in [-0.39, 0.29) is 12.1 Å². The van der Waals surface area contributed by atoms with Gasteiger partial charge in [-0.25, -0.2) is 0 Å². The maximum absolute atomic E-state index is 12.6. The zero-order valence-corrected chi connectivity index (χ0v) is 9.64. The average molecular weight is 245 g/mol. The summed E-state index contributed by atoms with van der Waals surface area (Å²) in [5.41, 5.74) is 0.883. The van der Waals surface area contributed by atoms with E-state index in [4.69, 9.17) is 4.74 Å². The molecule has 1 N–H and O–H groups in total. The van der Waals surface area contributed by atoms with Crippen LogP contribution in [0.5, 0.6) is 0 Å². The van der Waals surface area contributed by atoms with Crippen LogP contribution < -0.4 is 5.32 Å². The van der Waals surface area contributed by atoms with Crippen LogP contribution in [-0.4, -0.2) is 13.7 Å². The van der Waals surface area contributed by atoms with Crippen molar-refractivity contribution >= 4 is 0 Å². The molecule has 0 saturated carbocycles. The summed E-state index contributed by atoms with van der Waals surface area (Å²) < 4.78 is 43.3. The molecule has 1 aromatic rings. The van der Waals surface area contributed by atoms with Gasteiger partial charge in [-0.2, -0.15) is 13.2 Å². The van der Waals surface area contributed by atoms with Crippen molar-refractivity contribution in [2.45, 2.75) is 25.2 Å². The molecule has 1 aromatic carbocycles. The minimum Gasteiger partial charge on any atom is -0.372 e. The number of fused-ring (bicyclic) bond motifs is 1. The van der Waals surface area contributed by atoms with Crippen LogP contribution in [0.3, 0.4) is 0 Å². The highest BCUT2D eigenvalue weighted by atomic mass is 19.4. The molecule has 0 aromatic heterocycles. The molecule has 0 aliphatic carbocycles. The van der Waals surface area contributed by atoms with Gasteiger partial charge in [-0.1, -0.05) is 6.07 Å². The van der Waals surface area contributed by atoms with Crippen LogP contribution in [0.4, 0.5) is 13.2 Å². The topological polar surface area (TPSA) is 21.3 Å². The third kappa shape index (κ3) is 2.30. The van der Waals surface area contributed by atoms with E-state index in [0.29, 0.717) is 12.2 Å². The molecule has 17 heavy (non-hydrogen) atoms. The molecular formula is C12H14F3NO. The zero-order chi connectivity index (χ0) is 12.6. The highest BCUT2D eigenvalue weighted by molar-refractivity contribution is 5.38. The summed E-state index contributed by atoms with van der Waals surface area (Å²) >= 11 is 0. The summed E-state index contributed by atoms with van der Waals surface area (Å²) in [7, 11) is 1.77. The highest BCUT2D eigenvalue weighted by Crippen LogP contribution is 2.37. The smallest absolute Gasteiger partial charge is 0.372 e. The Morgan fingerprint density at radius 1 is 1.29 bits per heavy atom. The molecule has 1 aliphatic rings. The van der Waals surface area contributed by atoms with Crippen molar-refractivity contribution in [3.8, 4) is 0 Å². The Morgan fingerprint density at radius 2 is 2.00 bits per heavy atom. The standard InChI is InChI=1S/C12H14F3NO/c1-7-10-5-8(12(13,14)15)3-4-9(10)11(16-2)6-17-7/h3-5,7,11,16H,6H2,1-2H3/t7-,11?/m0/s1. The minimum atomic E-state index is -4.30. The van der Waals surface area contributed by atoms with Gasteiger partial charge in [0.2, 0.25) is 0 Å². The first kappa shape index (κ1) is 12.4. The van der Waals surface area contributed by atoms with E-state index in [1.807, 2.05) is 0 Å². The summed E-state index contributed by atoms with van der Waals surface area (Å²) in [6, 6.07) is 3.81. The fourth-order valence-electron chi connectivity index (χ4n) is 2.08. The number of rotatable bonds is 1. The summed E-state index contributed by atoms with van der Waals surface area (Å²) in [6.07, 6.45) is -4.60. The monoisotopic (exact) mass is 245 g/mol. The van der Waals surface area contributed by atoms with Crippen LogP contribution in [0, 0.1) is 0 Å². The number of hydrogen-bond donors (Lipinski definition) is 1. The van der Waals surface area contributed by atoms with Crippen molar-refractivity contribution in [2.24, 2.45) is 0 Å². The Balaban J connectivity index is 2.46. The van der Waals surface area contributed by atoms with E-state index in [9.17, 15) is 13.2 Å². The molecule has 2 atom stereocenters. The quantitative estimate of drug-likeness (QED) is 0.821. The maximum Gasteiger partial charge on any atom is 0.416 e. The molecule has 2 rings (SSSR count). The normalized spacial score (nSPS) is 24.5. The van der Waals surface area contributed by atoms with Crippen LogP contribution >= 0.6 is 0 Å². The van der Waals surface area contributed by atoms with Gasteiger partial charge in [-0.3, -0.25) is 0 Å². The highest BCUT2D eigenvalue weighted by Gasteiger charge is 2.33. The molecule has 1 unspecified atom stereocenters. The lowest BCUT2D eigenvalue weighted by molar-refractivity contribution is -0.137. The average Bonchev–Trinajstić information content (AvgIpc) is 2.28. The number of likely N-dealkylation sites (N-methyl/N-ethyl adjacent to an activating group) is 1. The van der Waals surface area contributed by atoms with Gasteiger partial charge >= 0.3 is 6.18 Å². The third-order valence-corrected chi connectivity index (χ3v) is 3.09. The fraction of sp³-hybridized carbons (Fsp3) is 0.500. The molecule has 0 spiro atoms. The molecule has 94 valence electrons. The molecule has 1 aliphatic heterocycles. The largest absolute Gasteiger partial charge is 0.416 e. The van der Waals surface area contributed by atoms with Gasteiger partial charge in [0.25, 0.3) is 0 Å². The van der Waals surface area contributed by atoms with Gasteiger partial charge in [0.15, 0.2) is 0 Å². The lowest BCUT2D eigenvalue weighted by atomic mass is 9.93. The van der Waals surface area contributed by atoms with Crippen molar-refractivity contribution in [1.29, 1.82) is 0 Å². The molecule has 0 saturated heterocycles. The van der Waals surface area contributed by atoms with E-state index in [1.54, 1.807) is 20.0 Å². The first-order valence-electron chi connectivity index (χ1n) is 5.43. The molecule has 1 heterocycles. The van der Waals surface area contributed by atoms with Gasteiger partial charge in [-0.15, -0.1) is 0 Å². The Kier molecular flexibility index (Phi) is 3.14. The summed E-state index contributed by atoms with van der Waals surface area (Å²) in [4.78, 5) is 0. The second kappa shape index (κ2) is 4.31. The third-order valence-electron chi connectivity index (χ3n) is 3.09.